The Balaban J connectivity index is 2.11. The monoisotopic (exact) mass is 384 g/mol. The fourth-order valence-corrected chi connectivity index (χ4v) is 6.94. The molecule has 25 heavy (non-hydrogen) atoms. The van der Waals surface area contributed by atoms with Crippen molar-refractivity contribution in [3.63, 3.8) is 0 Å². The van der Waals surface area contributed by atoms with E-state index in [1.807, 2.05) is 4.90 Å². The third kappa shape index (κ3) is 3.48. The van der Waals surface area contributed by atoms with Crippen molar-refractivity contribution in [3.05, 3.63) is 18.2 Å². The molecule has 2 atom stereocenters. The number of anilines is 1. The molecule has 0 bridgehead atoms. The predicted molar refractivity (Wildman–Crippen MR) is 98.6 cm³/mol. The van der Waals surface area contributed by atoms with Crippen LogP contribution in [0.3, 0.4) is 0 Å². The highest BCUT2D eigenvalue weighted by atomic mass is 32.2. The molecule has 0 N–H and O–H groups in total. The van der Waals surface area contributed by atoms with Crippen LogP contribution in [0.1, 0.15) is 13.3 Å². The zero-order chi connectivity index (χ0) is 18.2. The van der Waals surface area contributed by atoms with Crippen molar-refractivity contribution in [2.45, 2.75) is 24.6 Å². The first-order valence-electron chi connectivity index (χ1n) is 7.88. The van der Waals surface area contributed by atoms with E-state index in [-0.39, 0.29) is 28.7 Å². The largest absolute Gasteiger partial charge is 0.497 e. The van der Waals surface area contributed by atoms with Gasteiger partial charge >= 0.3 is 0 Å². The van der Waals surface area contributed by atoms with Gasteiger partial charge in [0.2, 0.25) is 5.91 Å². The third-order valence-corrected chi connectivity index (χ3v) is 7.44. The molecule has 2 unspecified atom stereocenters. The van der Waals surface area contributed by atoms with Crippen LogP contribution < -0.4 is 14.4 Å². The molecular formula is C16H20N2O5S2. The highest BCUT2D eigenvalue weighted by Gasteiger charge is 2.50. The maximum atomic E-state index is 12.1. The number of rotatable bonds is 4. The number of thioether (sulfide) groups is 1. The van der Waals surface area contributed by atoms with Gasteiger partial charge in [0.25, 0.3) is 0 Å². The minimum absolute atomic E-state index is 0.0321. The summed E-state index contributed by atoms with van der Waals surface area (Å²) in [6, 6.07) is 5.02. The SMILES string of the molecule is CCC(=O)N=C1SC2CS(=O)(=O)CC2N1c1cc(OC)ccc1OC. The normalized spacial score (nSPS) is 25.9. The first-order valence-corrected chi connectivity index (χ1v) is 10.6. The lowest BCUT2D eigenvalue weighted by atomic mass is 10.2. The van der Waals surface area contributed by atoms with Gasteiger partial charge in [0.15, 0.2) is 15.0 Å². The number of fused-ring (bicyclic) bond motifs is 1. The van der Waals surface area contributed by atoms with Gasteiger partial charge in [-0.1, -0.05) is 18.7 Å². The number of aliphatic imine (C=N–C) groups is 1. The molecule has 0 aromatic heterocycles. The van der Waals surface area contributed by atoms with Crippen molar-refractivity contribution < 1.29 is 22.7 Å². The Kier molecular flexibility index (Phi) is 4.97. The fourth-order valence-electron chi connectivity index (χ4n) is 3.02. The van der Waals surface area contributed by atoms with Gasteiger partial charge in [-0.15, -0.1) is 0 Å². The minimum Gasteiger partial charge on any atom is -0.497 e. The summed E-state index contributed by atoms with van der Waals surface area (Å²) in [5.74, 6) is 1.07. The number of ether oxygens (including phenoxy) is 2. The van der Waals surface area contributed by atoms with Gasteiger partial charge in [0, 0.05) is 17.7 Å². The van der Waals surface area contributed by atoms with Crippen molar-refractivity contribution in [1.82, 2.24) is 0 Å². The van der Waals surface area contributed by atoms with Crippen LogP contribution in [0.4, 0.5) is 5.69 Å². The number of benzene rings is 1. The smallest absolute Gasteiger partial charge is 0.247 e. The summed E-state index contributed by atoms with van der Waals surface area (Å²) < 4.78 is 34.9. The molecule has 2 aliphatic rings. The first-order chi connectivity index (χ1) is 11.9. The van der Waals surface area contributed by atoms with Gasteiger partial charge in [-0.3, -0.25) is 4.79 Å². The molecule has 0 aliphatic carbocycles. The first kappa shape index (κ1) is 18.1. The summed E-state index contributed by atoms with van der Waals surface area (Å²) >= 11 is 1.34. The molecule has 2 fully saturated rings. The highest BCUT2D eigenvalue weighted by molar-refractivity contribution is 8.16. The summed E-state index contributed by atoms with van der Waals surface area (Å²) in [6.07, 6.45) is 0.292. The van der Waals surface area contributed by atoms with Crippen LogP contribution in [0.5, 0.6) is 11.5 Å². The molecule has 1 amide bonds. The quantitative estimate of drug-likeness (QED) is 0.781. The Hall–Kier alpha value is -1.74. The van der Waals surface area contributed by atoms with E-state index in [9.17, 15) is 13.2 Å². The van der Waals surface area contributed by atoms with E-state index in [1.54, 1.807) is 39.3 Å². The van der Waals surface area contributed by atoms with Crippen LogP contribution in [0.25, 0.3) is 0 Å². The van der Waals surface area contributed by atoms with Crippen LogP contribution in [0, 0.1) is 0 Å². The molecular weight excluding hydrogens is 364 g/mol. The predicted octanol–water partition coefficient (Wildman–Crippen LogP) is 1.72. The molecule has 136 valence electrons. The molecule has 2 saturated heterocycles. The Morgan fingerprint density at radius 2 is 2.08 bits per heavy atom. The number of amides is 1. The second-order valence-corrected chi connectivity index (χ2v) is 9.21. The Morgan fingerprint density at radius 1 is 1.32 bits per heavy atom. The Bertz CT molecular complexity index is 822. The number of hydrogen-bond acceptors (Lipinski definition) is 6. The second kappa shape index (κ2) is 6.87. The maximum Gasteiger partial charge on any atom is 0.247 e. The molecule has 2 heterocycles. The van der Waals surface area contributed by atoms with Gasteiger partial charge in [-0.2, -0.15) is 4.99 Å². The summed E-state index contributed by atoms with van der Waals surface area (Å²) in [6.45, 7) is 1.74. The standard InChI is InChI=1S/C16H20N2O5S2/c1-4-15(19)17-16-18(12-8-25(20,21)9-14(12)24-16)11-7-10(22-2)5-6-13(11)23-3/h5-7,12,14H,4,8-9H2,1-3H3. The van der Waals surface area contributed by atoms with E-state index >= 15 is 0 Å². The number of nitrogens with zero attached hydrogens (tertiary/aromatic N) is 2. The summed E-state index contributed by atoms with van der Waals surface area (Å²) in [5.41, 5.74) is 0.654. The molecule has 3 rings (SSSR count). The van der Waals surface area contributed by atoms with Gasteiger partial charge in [-0.05, 0) is 12.1 Å². The van der Waals surface area contributed by atoms with Gasteiger partial charge in [-0.25, -0.2) is 8.42 Å². The van der Waals surface area contributed by atoms with E-state index < -0.39 is 9.84 Å². The second-order valence-electron chi connectivity index (χ2n) is 5.85. The molecule has 1 aromatic carbocycles. The molecule has 0 spiro atoms. The van der Waals surface area contributed by atoms with Crippen LogP contribution >= 0.6 is 11.8 Å². The van der Waals surface area contributed by atoms with E-state index in [2.05, 4.69) is 4.99 Å². The fraction of sp³-hybridized carbons (Fsp3) is 0.500. The number of carbonyl (C=O) groups excluding carboxylic acids is 1. The number of sulfone groups is 1. The molecule has 9 heteroatoms. The van der Waals surface area contributed by atoms with Crippen molar-refractivity contribution in [2.75, 3.05) is 30.6 Å². The van der Waals surface area contributed by atoms with Crippen LogP contribution in [-0.4, -0.2) is 56.5 Å². The van der Waals surface area contributed by atoms with E-state index in [4.69, 9.17) is 9.47 Å². The van der Waals surface area contributed by atoms with Gasteiger partial charge in [0.1, 0.15) is 11.5 Å². The average Bonchev–Trinajstić information content (AvgIpc) is 3.04. The van der Waals surface area contributed by atoms with Crippen molar-refractivity contribution in [3.8, 4) is 11.5 Å². The van der Waals surface area contributed by atoms with Crippen molar-refractivity contribution in [2.24, 2.45) is 4.99 Å². The minimum atomic E-state index is -3.11. The van der Waals surface area contributed by atoms with Gasteiger partial charge < -0.3 is 14.4 Å². The molecule has 7 nitrogen and oxygen atoms in total. The van der Waals surface area contributed by atoms with E-state index in [0.29, 0.717) is 28.8 Å². The van der Waals surface area contributed by atoms with Crippen LogP contribution in [0.2, 0.25) is 0 Å². The zero-order valence-electron chi connectivity index (χ0n) is 14.3. The lowest BCUT2D eigenvalue weighted by molar-refractivity contribution is -0.117. The molecule has 0 radical (unpaired) electrons. The molecule has 2 aliphatic heterocycles. The highest BCUT2D eigenvalue weighted by Crippen LogP contribution is 2.44. The summed E-state index contributed by atoms with van der Waals surface area (Å²) in [4.78, 5) is 17.9. The third-order valence-electron chi connectivity index (χ3n) is 4.23. The van der Waals surface area contributed by atoms with Crippen LogP contribution in [0.15, 0.2) is 23.2 Å². The van der Waals surface area contributed by atoms with Crippen molar-refractivity contribution >= 4 is 38.4 Å². The number of methoxy groups -OCH3 is 2. The zero-order valence-corrected chi connectivity index (χ0v) is 15.9. The van der Waals surface area contributed by atoms with Crippen molar-refractivity contribution in [1.29, 1.82) is 0 Å². The number of amidine groups is 1. The lowest BCUT2D eigenvalue weighted by Gasteiger charge is -2.26. The molecule has 0 saturated carbocycles. The lowest BCUT2D eigenvalue weighted by Crippen LogP contribution is -2.38. The van der Waals surface area contributed by atoms with E-state index in [0.717, 1.165) is 0 Å². The Morgan fingerprint density at radius 3 is 2.72 bits per heavy atom. The number of hydrogen-bond donors (Lipinski definition) is 0. The topological polar surface area (TPSA) is 85.3 Å². The van der Waals surface area contributed by atoms with Crippen LogP contribution in [-0.2, 0) is 14.6 Å². The Labute approximate surface area is 151 Å². The van der Waals surface area contributed by atoms with E-state index in [1.165, 1.54) is 11.8 Å². The molecule has 1 aromatic rings. The maximum absolute atomic E-state index is 12.1. The van der Waals surface area contributed by atoms with Gasteiger partial charge in [0.05, 0.1) is 37.5 Å². The number of carbonyl (C=O) groups is 1. The summed E-state index contributed by atoms with van der Waals surface area (Å²) in [7, 11) is -0.00830. The average molecular weight is 384 g/mol. The summed E-state index contributed by atoms with van der Waals surface area (Å²) in [5, 5.41) is 0.368.